The van der Waals surface area contributed by atoms with Crippen LogP contribution >= 0.6 is 11.6 Å². The molecule has 0 aliphatic heterocycles. The highest BCUT2D eigenvalue weighted by Gasteiger charge is 1.95. The second-order valence-electron chi connectivity index (χ2n) is 3.22. The predicted octanol–water partition coefficient (Wildman–Crippen LogP) is 2.99. The van der Waals surface area contributed by atoms with Gasteiger partial charge in [0.2, 0.25) is 5.91 Å². The van der Waals surface area contributed by atoms with Gasteiger partial charge in [-0.05, 0) is 26.3 Å². The van der Waals surface area contributed by atoms with E-state index < -0.39 is 0 Å². The van der Waals surface area contributed by atoms with Crippen LogP contribution in [-0.4, -0.2) is 12.5 Å². The molecule has 0 aliphatic rings. The van der Waals surface area contributed by atoms with Crippen molar-refractivity contribution in [2.24, 2.45) is 0 Å². The molecule has 0 heterocycles. The van der Waals surface area contributed by atoms with E-state index in [4.69, 9.17) is 11.6 Å². The zero-order valence-corrected chi connectivity index (χ0v) is 9.82. The van der Waals surface area contributed by atoms with E-state index in [9.17, 15) is 4.79 Å². The molecule has 0 saturated heterocycles. The van der Waals surface area contributed by atoms with Crippen LogP contribution in [0.25, 0.3) is 0 Å². The molecule has 0 aromatic heterocycles. The fourth-order valence-electron chi connectivity index (χ4n) is 0.865. The Bertz CT molecular complexity index is 240. The van der Waals surface area contributed by atoms with Crippen LogP contribution in [0.2, 0.25) is 0 Å². The van der Waals surface area contributed by atoms with Crippen molar-refractivity contribution in [1.82, 2.24) is 5.32 Å². The molecule has 0 spiro atoms. The highest BCUT2D eigenvalue weighted by atomic mass is 35.5. The summed E-state index contributed by atoms with van der Waals surface area (Å²) in [6.07, 6.45) is 5.24. The van der Waals surface area contributed by atoms with Gasteiger partial charge in [-0.25, -0.2) is 0 Å². The van der Waals surface area contributed by atoms with Crippen LogP contribution in [0.5, 0.6) is 0 Å². The zero-order valence-electron chi connectivity index (χ0n) is 9.06. The van der Waals surface area contributed by atoms with Crippen LogP contribution in [0.3, 0.4) is 0 Å². The average molecular weight is 216 g/mol. The smallest absolute Gasteiger partial charge is 0.219 e. The third-order valence-electron chi connectivity index (χ3n) is 1.76. The van der Waals surface area contributed by atoms with Crippen molar-refractivity contribution in [2.75, 3.05) is 6.54 Å². The minimum atomic E-state index is 0.0990. The number of amides is 1. The number of hydrogen-bond acceptors (Lipinski definition) is 1. The third kappa shape index (κ3) is 7.87. The molecule has 0 aliphatic carbocycles. The molecule has 14 heavy (non-hydrogen) atoms. The van der Waals surface area contributed by atoms with E-state index in [0.717, 1.165) is 11.5 Å². The first-order valence-electron chi connectivity index (χ1n) is 4.82. The SMILES string of the molecule is CCC(=O)NCCC(C)=CC=C(C)Cl. The molecule has 1 amide bonds. The van der Waals surface area contributed by atoms with Gasteiger partial charge in [0, 0.05) is 18.0 Å². The predicted molar refractivity (Wildman–Crippen MR) is 61.3 cm³/mol. The van der Waals surface area contributed by atoms with E-state index in [0.29, 0.717) is 13.0 Å². The maximum absolute atomic E-state index is 10.9. The molecule has 0 atom stereocenters. The number of rotatable bonds is 5. The van der Waals surface area contributed by atoms with Gasteiger partial charge in [0.25, 0.3) is 0 Å². The Hall–Kier alpha value is -0.760. The molecule has 2 nitrogen and oxygen atoms in total. The molecule has 0 saturated carbocycles. The molecule has 0 rings (SSSR count). The normalized spacial score (nSPS) is 12.9. The molecule has 0 unspecified atom stereocenters. The number of halogens is 1. The van der Waals surface area contributed by atoms with Gasteiger partial charge in [-0.1, -0.05) is 30.2 Å². The van der Waals surface area contributed by atoms with E-state index in [2.05, 4.69) is 5.32 Å². The first kappa shape index (κ1) is 13.2. The Morgan fingerprint density at radius 2 is 2.00 bits per heavy atom. The molecule has 0 radical (unpaired) electrons. The number of carbonyl (C=O) groups is 1. The lowest BCUT2D eigenvalue weighted by Crippen LogP contribution is -2.23. The van der Waals surface area contributed by atoms with Crippen molar-refractivity contribution >= 4 is 17.5 Å². The van der Waals surface area contributed by atoms with Gasteiger partial charge in [0.15, 0.2) is 0 Å². The lowest BCUT2D eigenvalue weighted by atomic mass is 10.2. The summed E-state index contributed by atoms with van der Waals surface area (Å²) in [5.74, 6) is 0.0990. The summed E-state index contributed by atoms with van der Waals surface area (Å²) in [6, 6.07) is 0. The summed E-state index contributed by atoms with van der Waals surface area (Å²) < 4.78 is 0. The van der Waals surface area contributed by atoms with Crippen molar-refractivity contribution in [3.63, 3.8) is 0 Å². The number of hydrogen-bond donors (Lipinski definition) is 1. The van der Waals surface area contributed by atoms with Gasteiger partial charge in [-0.2, -0.15) is 0 Å². The standard InChI is InChI=1S/C11H18ClNO/c1-4-11(14)13-8-7-9(2)5-6-10(3)12/h5-6H,4,7-8H2,1-3H3,(H,13,14). The van der Waals surface area contributed by atoms with E-state index >= 15 is 0 Å². The molecule has 80 valence electrons. The minimum Gasteiger partial charge on any atom is -0.356 e. The van der Waals surface area contributed by atoms with E-state index in [1.165, 1.54) is 5.57 Å². The van der Waals surface area contributed by atoms with Gasteiger partial charge < -0.3 is 5.32 Å². The summed E-state index contributed by atoms with van der Waals surface area (Å²) >= 11 is 5.68. The van der Waals surface area contributed by atoms with E-state index in [1.807, 2.05) is 32.9 Å². The van der Waals surface area contributed by atoms with Crippen LogP contribution in [0, 0.1) is 0 Å². The van der Waals surface area contributed by atoms with Gasteiger partial charge in [-0.3, -0.25) is 4.79 Å². The van der Waals surface area contributed by atoms with Gasteiger partial charge >= 0.3 is 0 Å². The van der Waals surface area contributed by atoms with E-state index in [-0.39, 0.29) is 5.91 Å². The van der Waals surface area contributed by atoms with Crippen molar-refractivity contribution in [3.05, 3.63) is 22.8 Å². The molecular weight excluding hydrogens is 198 g/mol. The Kier molecular flexibility index (Phi) is 7.21. The van der Waals surface area contributed by atoms with Crippen molar-refractivity contribution in [3.8, 4) is 0 Å². The Labute approximate surface area is 91.0 Å². The van der Waals surface area contributed by atoms with Crippen LogP contribution in [0.15, 0.2) is 22.8 Å². The average Bonchev–Trinajstić information content (AvgIpc) is 2.14. The van der Waals surface area contributed by atoms with Crippen LogP contribution in [-0.2, 0) is 4.79 Å². The number of allylic oxidation sites excluding steroid dienone is 3. The largest absolute Gasteiger partial charge is 0.356 e. The van der Waals surface area contributed by atoms with Gasteiger partial charge in [0.05, 0.1) is 0 Å². The topological polar surface area (TPSA) is 29.1 Å². The first-order valence-corrected chi connectivity index (χ1v) is 5.20. The fraction of sp³-hybridized carbons (Fsp3) is 0.545. The summed E-state index contributed by atoms with van der Waals surface area (Å²) in [7, 11) is 0. The summed E-state index contributed by atoms with van der Waals surface area (Å²) in [4.78, 5) is 10.9. The third-order valence-corrected chi connectivity index (χ3v) is 1.89. The van der Waals surface area contributed by atoms with Crippen LogP contribution in [0.1, 0.15) is 33.6 Å². The van der Waals surface area contributed by atoms with Crippen LogP contribution < -0.4 is 5.32 Å². The monoisotopic (exact) mass is 215 g/mol. The maximum atomic E-state index is 10.9. The molecule has 0 bridgehead atoms. The van der Waals surface area contributed by atoms with E-state index in [1.54, 1.807) is 0 Å². The summed E-state index contributed by atoms with van der Waals surface area (Å²) in [5, 5.41) is 3.58. The number of nitrogens with one attached hydrogen (secondary N) is 1. The molecule has 3 heteroatoms. The van der Waals surface area contributed by atoms with Gasteiger partial charge in [0.1, 0.15) is 0 Å². The zero-order chi connectivity index (χ0) is 11.0. The Balaban J connectivity index is 3.74. The quantitative estimate of drug-likeness (QED) is 0.702. The summed E-state index contributed by atoms with van der Waals surface area (Å²) in [6.45, 7) is 6.40. The molecule has 1 N–H and O–H groups in total. The van der Waals surface area contributed by atoms with Crippen LogP contribution in [0.4, 0.5) is 0 Å². The maximum Gasteiger partial charge on any atom is 0.219 e. The highest BCUT2D eigenvalue weighted by molar-refractivity contribution is 6.29. The Morgan fingerprint density at radius 3 is 2.50 bits per heavy atom. The van der Waals surface area contributed by atoms with Crippen molar-refractivity contribution < 1.29 is 4.79 Å². The molecule has 0 fully saturated rings. The fourth-order valence-corrected chi connectivity index (χ4v) is 0.928. The highest BCUT2D eigenvalue weighted by Crippen LogP contribution is 2.03. The second kappa shape index (κ2) is 7.63. The van der Waals surface area contributed by atoms with Gasteiger partial charge in [-0.15, -0.1) is 0 Å². The second-order valence-corrected chi connectivity index (χ2v) is 3.82. The lowest BCUT2D eigenvalue weighted by molar-refractivity contribution is -0.120. The number of carbonyl (C=O) groups excluding carboxylic acids is 1. The minimum absolute atomic E-state index is 0.0990. The Morgan fingerprint density at radius 1 is 1.36 bits per heavy atom. The lowest BCUT2D eigenvalue weighted by Gasteiger charge is -2.02. The first-order chi connectivity index (χ1) is 6.56. The van der Waals surface area contributed by atoms with Crippen molar-refractivity contribution in [1.29, 1.82) is 0 Å². The molecular formula is C11H18ClNO. The summed E-state index contributed by atoms with van der Waals surface area (Å²) in [5.41, 5.74) is 1.21. The molecule has 0 aromatic rings. The molecule has 0 aromatic carbocycles. The van der Waals surface area contributed by atoms with Crippen molar-refractivity contribution in [2.45, 2.75) is 33.6 Å².